The number of benzene rings is 1. The van der Waals surface area contributed by atoms with Crippen LogP contribution in [0.4, 0.5) is 17.6 Å². The van der Waals surface area contributed by atoms with Gasteiger partial charge in [-0.3, -0.25) is 0 Å². The van der Waals surface area contributed by atoms with Crippen molar-refractivity contribution in [2.24, 2.45) is 4.99 Å². The molecule has 154 valence electrons. The first kappa shape index (κ1) is 23.2. The number of ether oxygens (including phenoxy) is 1. The van der Waals surface area contributed by atoms with Gasteiger partial charge in [-0.05, 0) is 24.6 Å². The maximum atomic E-state index is 13.1. The first-order valence-electron chi connectivity index (χ1n) is 8.16. The molecule has 0 saturated heterocycles. The Morgan fingerprint density at radius 2 is 1.93 bits per heavy atom. The number of aliphatic imine (C=N–C) groups is 1. The number of hydrogen-bond donors (Lipinski definition) is 2. The molecule has 1 rings (SSSR count). The van der Waals surface area contributed by atoms with Gasteiger partial charge in [-0.25, -0.2) is 17.8 Å². The lowest BCUT2D eigenvalue weighted by molar-refractivity contribution is -0.138. The summed E-state index contributed by atoms with van der Waals surface area (Å²) in [5, 5.41) is 5.74. The molecule has 0 amide bonds. The molecule has 1 aromatic rings. The van der Waals surface area contributed by atoms with Crippen molar-refractivity contribution in [2.45, 2.75) is 19.6 Å². The quantitative estimate of drug-likeness (QED) is 0.280. The maximum Gasteiger partial charge on any atom is 0.416 e. The highest BCUT2D eigenvalue weighted by Crippen LogP contribution is 2.32. The Morgan fingerprint density at radius 3 is 2.52 bits per heavy atom. The summed E-state index contributed by atoms with van der Waals surface area (Å²) in [6.45, 7) is 2.52. The minimum atomic E-state index is -4.67. The summed E-state index contributed by atoms with van der Waals surface area (Å²) in [7, 11) is -3.09. The smallest absolute Gasteiger partial charge is 0.379 e. The summed E-state index contributed by atoms with van der Waals surface area (Å²) in [6.07, 6.45) is -3.57. The molecule has 0 aliphatic carbocycles. The molecule has 0 atom stereocenters. The van der Waals surface area contributed by atoms with Crippen molar-refractivity contribution in [1.29, 1.82) is 0 Å². The summed E-state index contributed by atoms with van der Waals surface area (Å²) in [6, 6.07) is 2.45. The van der Waals surface area contributed by atoms with Crippen LogP contribution in [0.5, 0.6) is 0 Å². The second-order valence-corrected chi connectivity index (χ2v) is 7.92. The zero-order chi connectivity index (χ0) is 20.5. The molecule has 27 heavy (non-hydrogen) atoms. The minimum Gasteiger partial charge on any atom is -0.379 e. The van der Waals surface area contributed by atoms with Crippen LogP contribution < -0.4 is 10.6 Å². The van der Waals surface area contributed by atoms with E-state index in [-0.39, 0.29) is 43.6 Å². The van der Waals surface area contributed by atoms with Gasteiger partial charge in [0.1, 0.15) is 15.7 Å². The second-order valence-electron chi connectivity index (χ2n) is 5.66. The van der Waals surface area contributed by atoms with Crippen molar-refractivity contribution in [3.8, 4) is 0 Å². The summed E-state index contributed by atoms with van der Waals surface area (Å²) in [4.78, 5) is 4.07. The summed E-state index contributed by atoms with van der Waals surface area (Å²) < 4.78 is 79.2. The van der Waals surface area contributed by atoms with Gasteiger partial charge in [-0.1, -0.05) is 6.07 Å². The number of halogens is 4. The first-order chi connectivity index (χ1) is 12.5. The van der Waals surface area contributed by atoms with Crippen molar-refractivity contribution in [3.05, 3.63) is 35.1 Å². The SMILES string of the molecule is CCNC(=NCc1ccc(F)cc1C(F)(F)F)NCCOCCS(C)(=O)=O. The number of nitrogens with one attached hydrogen (secondary N) is 2. The average molecular weight is 413 g/mol. The van der Waals surface area contributed by atoms with E-state index in [4.69, 9.17) is 4.74 Å². The number of sulfone groups is 1. The fraction of sp³-hybridized carbons (Fsp3) is 0.562. The topological polar surface area (TPSA) is 79.8 Å². The molecule has 0 fully saturated rings. The van der Waals surface area contributed by atoms with Crippen molar-refractivity contribution in [2.75, 3.05) is 38.3 Å². The Balaban J connectivity index is 2.64. The molecule has 0 saturated carbocycles. The van der Waals surface area contributed by atoms with Crippen molar-refractivity contribution >= 4 is 15.8 Å². The fourth-order valence-corrected chi connectivity index (χ4v) is 2.43. The number of hydrogen-bond acceptors (Lipinski definition) is 4. The van der Waals surface area contributed by atoms with Gasteiger partial charge < -0.3 is 15.4 Å². The maximum absolute atomic E-state index is 13.1. The second kappa shape index (κ2) is 10.5. The van der Waals surface area contributed by atoms with Gasteiger partial charge in [0.05, 0.1) is 31.1 Å². The largest absolute Gasteiger partial charge is 0.416 e. The van der Waals surface area contributed by atoms with Gasteiger partial charge in [0.2, 0.25) is 0 Å². The molecule has 0 aromatic heterocycles. The number of nitrogens with zero attached hydrogens (tertiary/aromatic N) is 1. The molecule has 1 aromatic carbocycles. The van der Waals surface area contributed by atoms with E-state index in [1.165, 1.54) is 0 Å². The van der Waals surface area contributed by atoms with Crippen LogP contribution in [-0.2, 0) is 27.3 Å². The summed E-state index contributed by atoms with van der Waals surface area (Å²) in [5.41, 5.74) is -1.21. The Labute approximate surface area is 155 Å². The van der Waals surface area contributed by atoms with E-state index < -0.39 is 27.4 Å². The van der Waals surface area contributed by atoms with Gasteiger partial charge in [0, 0.05) is 19.3 Å². The van der Waals surface area contributed by atoms with Crippen molar-refractivity contribution in [3.63, 3.8) is 0 Å². The van der Waals surface area contributed by atoms with Crippen molar-refractivity contribution < 1.29 is 30.7 Å². The monoisotopic (exact) mass is 413 g/mol. The normalized spacial score (nSPS) is 12.9. The third-order valence-electron chi connectivity index (χ3n) is 3.27. The van der Waals surface area contributed by atoms with E-state index in [0.717, 1.165) is 18.4 Å². The van der Waals surface area contributed by atoms with Crippen LogP contribution in [0.25, 0.3) is 0 Å². The number of alkyl halides is 3. The summed E-state index contributed by atoms with van der Waals surface area (Å²) in [5.74, 6) is -0.792. The van der Waals surface area contributed by atoms with Crippen LogP contribution in [-0.4, -0.2) is 52.7 Å². The van der Waals surface area contributed by atoms with Crippen LogP contribution in [0.15, 0.2) is 23.2 Å². The number of guanidine groups is 1. The van der Waals surface area contributed by atoms with Crippen LogP contribution in [0.1, 0.15) is 18.1 Å². The van der Waals surface area contributed by atoms with E-state index in [9.17, 15) is 26.0 Å². The molecule has 0 aliphatic rings. The van der Waals surface area contributed by atoms with Crippen LogP contribution in [0, 0.1) is 5.82 Å². The van der Waals surface area contributed by atoms with E-state index in [0.29, 0.717) is 12.6 Å². The molecule has 0 unspecified atom stereocenters. The zero-order valence-electron chi connectivity index (χ0n) is 15.1. The Bertz CT molecular complexity index is 737. The molecule has 2 N–H and O–H groups in total. The summed E-state index contributed by atoms with van der Waals surface area (Å²) >= 11 is 0. The highest BCUT2D eigenvalue weighted by Gasteiger charge is 2.33. The average Bonchev–Trinajstić information content (AvgIpc) is 2.54. The highest BCUT2D eigenvalue weighted by atomic mass is 32.2. The Hall–Kier alpha value is -1.88. The molecule has 0 aliphatic heterocycles. The Kier molecular flexibility index (Phi) is 8.97. The van der Waals surface area contributed by atoms with E-state index in [2.05, 4.69) is 15.6 Å². The molecule has 6 nitrogen and oxygen atoms in total. The molecular formula is C16H23F4N3O3S. The third kappa shape index (κ3) is 9.57. The predicted molar refractivity (Wildman–Crippen MR) is 94.8 cm³/mol. The standard InChI is InChI=1S/C16H23F4N3O3S/c1-3-21-15(22-6-7-26-8-9-27(2,24)25)23-11-12-4-5-13(17)10-14(12)16(18,19)20/h4-5,10H,3,6-9,11H2,1-2H3,(H2,21,22,23). The minimum absolute atomic E-state index is 0.0543. The van der Waals surface area contributed by atoms with Crippen LogP contribution >= 0.6 is 0 Å². The van der Waals surface area contributed by atoms with Gasteiger partial charge in [-0.2, -0.15) is 13.2 Å². The van der Waals surface area contributed by atoms with E-state index >= 15 is 0 Å². The first-order valence-corrected chi connectivity index (χ1v) is 10.2. The van der Waals surface area contributed by atoms with Gasteiger partial charge in [0.25, 0.3) is 0 Å². The molecule has 0 radical (unpaired) electrons. The molecule has 0 spiro atoms. The van der Waals surface area contributed by atoms with E-state index in [1.54, 1.807) is 6.92 Å². The van der Waals surface area contributed by atoms with Gasteiger partial charge in [0.15, 0.2) is 5.96 Å². The fourth-order valence-electron chi connectivity index (χ4n) is 2.01. The van der Waals surface area contributed by atoms with E-state index in [1.807, 2.05) is 0 Å². The molecular weight excluding hydrogens is 390 g/mol. The highest BCUT2D eigenvalue weighted by molar-refractivity contribution is 7.90. The zero-order valence-corrected chi connectivity index (χ0v) is 15.9. The van der Waals surface area contributed by atoms with Crippen LogP contribution in [0.2, 0.25) is 0 Å². The lowest BCUT2D eigenvalue weighted by Gasteiger charge is -2.14. The van der Waals surface area contributed by atoms with Crippen molar-refractivity contribution in [1.82, 2.24) is 10.6 Å². The number of rotatable bonds is 9. The molecule has 0 heterocycles. The lowest BCUT2D eigenvalue weighted by Crippen LogP contribution is -2.39. The predicted octanol–water partition coefficient (Wildman–Crippen LogP) is 1.96. The lowest BCUT2D eigenvalue weighted by atomic mass is 10.1. The van der Waals surface area contributed by atoms with Gasteiger partial charge >= 0.3 is 6.18 Å². The van der Waals surface area contributed by atoms with Crippen LogP contribution in [0.3, 0.4) is 0 Å². The Morgan fingerprint density at radius 1 is 1.22 bits per heavy atom. The van der Waals surface area contributed by atoms with Gasteiger partial charge in [-0.15, -0.1) is 0 Å². The molecule has 0 bridgehead atoms. The molecule has 11 heteroatoms. The third-order valence-corrected chi connectivity index (χ3v) is 4.17.